The number of rotatable bonds is 4. The summed E-state index contributed by atoms with van der Waals surface area (Å²) in [5.41, 5.74) is 0.511. The third kappa shape index (κ3) is 4.50. The summed E-state index contributed by atoms with van der Waals surface area (Å²) < 4.78 is 38.2. The fourth-order valence-electron chi connectivity index (χ4n) is 3.37. The molecule has 4 nitrogen and oxygen atoms in total. The lowest BCUT2D eigenvalue weighted by Gasteiger charge is -2.32. The number of hydrogen-bond acceptors (Lipinski definition) is 4. The van der Waals surface area contributed by atoms with E-state index in [1.807, 2.05) is 11.9 Å². The Morgan fingerprint density at radius 1 is 1.33 bits per heavy atom. The van der Waals surface area contributed by atoms with Crippen LogP contribution in [0.25, 0.3) is 10.6 Å². The molecule has 1 atom stereocenters. The Morgan fingerprint density at radius 2 is 2.04 bits per heavy atom. The van der Waals surface area contributed by atoms with Gasteiger partial charge in [0.15, 0.2) is 0 Å². The van der Waals surface area contributed by atoms with Crippen molar-refractivity contribution in [3.63, 3.8) is 0 Å². The lowest BCUT2D eigenvalue weighted by molar-refractivity contribution is -0.137. The highest BCUT2D eigenvalue weighted by atomic mass is 32.1. The van der Waals surface area contributed by atoms with Crippen molar-refractivity contribution in [3.05, 3.63) is 40.4 Å². The molecule has 1 amide bonds. The monoisotopic (exact) mass is 397 g/mol. The molecule has 0 aliphatic carbocycles. The molecule has 3 rings (SSSR count). The van der Waals surface area contributed by atoms with Crippen molar-refractivity contribution in [2.24, 2.45) is 5.92 Å². The number of carbonyl (C=O) groups excluding carboxylic acids is 1. The minimum absolute atomic E-state index is 0.0380. The number of likely N-dealkylation sites (tertiary alicyclic amines) is 1. The molecule has 1 aliphatic rings. The van der Waals surface area contributed by atoms with Crippen LogP contribution in [-0.4, -0.2) is 42.5 Å². The van der Waals surface area contributed by atoms with Crippen LogP contribution < -0.4 is 5.32 Å². The van der Waals surface area contributed by atoms with Gasteiger partial charge in [0, 0.05) is 18.7 Å². The van der Waals surface area contributed by atoms with E-state index in [9.17, 15) is 18.0 Å². The number of piperidine rings is 1. The maximum Gasteiger partial charge on any atom is 0.416 e. The van der Waals surface area contributed by atoms with Gasteiger partial charge in [-0.15, -0.1) is 11.3 Å². The third-order valence-electron chi connectivity index (χ3n) is 4.75. The van der Waals surface area contributed by atoms with Gasteiger partial charge in [-0.2, -0.15) is 13.2 Å². The number of amides is 1. The predicted octanol–water partition coefficient (Wildman–Crippen LogP) is 4.21. The highest BCUT2D eigenvalue weighted by Gasteiger charge is 2.30. The van der Waals surface area contributed by atoms with E-state index < -0.39 is 11.7 Å². The number of thiazole rings is 1. The number of nitrogens with one attached hydrogen (secondary N) is 1. The topological polar surface area (TPSA) is 45.2 Å². The molecule has 8 heteroatoms. The quantitative estimate of drug-likeness (QED) is 0.841. The Bertz CT molecular complexity index is 800. The van der Waals surface area contributed by atoms with Crippen molar-refractivity contribution in [1.82, 2.24) is 15.2 Å². The first-order valence-corrected chi connectivity index (χ1v) is 9.70. The largest absolute Gasteiger partial charge is 0.416 e. The van der Waals surface area contributed by atoms with Gasteiger partial charge in [0.05, 0.1) is 11.3 Å². The summed E-state index contributed by atoms with van der Waals surface area (Å²) in [6.07, 6.45) is -2.29. The molecule has 2 heterocycles. The first-order chi connectivity index (χ1) is 12.8. The summed E-state index contributed by atoms with van der Waals surface area (Å²) in [5.74, 6) is 0.402. The number of hydrogen-bond donors (Lipinski definition) is 1. The van der Waals surface area contributed by atoms with Crippen molar-refractivity contribution in [1.29, 1.82) is 0 Å². The molecule has 2 aromatic rings. The van der Waals surface area contributed by atoms with Crippen molar-refractivity contribution in [2.75, 3.05) is 26.7 Å². The van der Waals surface area contributed by atoms with Crippen LogP contribution in [0.5, 0.6) is 0 Å². The number of aromatic nitrogens is 1. The van der Waals surface area contributed by atoms with Crippen molar-refractivity contribution in [2.45, 2.75) is 25.9 Å². The summed E-state index contributed by atoms with van der Waals surface area (Å²) in [4.78, 5) is 19.8. The van der Waals surface area contributed by atoms with Gasteiger partial charge >= 0.3 is 6.18 Å². The van der Waals surface area contributed by atoms with Crippen LogP contribution in [0.2, 0.25) is 0 Å². The number of nitrogens with zero attached hydrogens (tertiary/aromatic N) is 2. The lowest BCUT2D eigenvalue weighted by atomic mass is 9.98. The number of aryl methyl sites for hydroxylation is 1. The van der Waals surface area contributed by atoms with Gasteiger partial charge in [-0.05, 0) is 51.4 Å². The van der Waals surface area contributed by atoms with E-state index in [1.165, 1.54) is 23.5 Å². The van der Waals surface area contributed by atoms with E-state index in [0.29, 0.717) is 33.6 Å². The van der Waals surface area contributed by atoms with Gasteiger partial charge in [0.25, 0.3) is 5.91 Å². The molecule has 1 fully saturated rings. The molecule has 0 saturated carbocycles. The number of alkyl halides is 3. The number of carbonyl (C=O) groups is 1. The minimum atomic E-state index is -4.36. The van der Waals surface area contributed by atoms with E-state index in [0.717, 1.165) is 38.1 Å². The number of halogens is 3. The number of benzene rings is 1. The van der Waals surface area contributed by atoms with E-state index in [-0.39, 0.29) is 5.91 Å². The first kappa shape index (κ1) is 19.8. The van der Waals surface area contributed by atoms with Gasteiger partial charge in [0.1, 0.15) is 9.88 Å². The van der Waals surface area contributed by atoms with Crippen molar-refractivity contribution >= 4 is 17.2 Å². The van der Waals surface area contributed by atoms with Crippen LogP contribution in [0.4, 0.5) is 13.2 Å². The average molecular weight is 397 g/mol. The molecular weight excluding hydrogens is 375 g/mol. The second-order valence-electron chi connectivity index (χ2n) is 6.83. The Kier molecular flexibility index (Phi) is 5.86. The second kappa shape index (κ2) is 7.98. The second-order valence-corrected chi connectivity index (χ2v) is 7.82. The molecule has 0 bridgehead atoms. The maximum atomic E-state index is 12.9. The van der Waals surface area contributed by atoms with Gasteiger partial charge in [0.2, 0.25) is 0 Å². The average Bonchev–Trinajstić information content (AvgIpc) is 3.03. The SMILES string of the molecule is CNC[C@@H]1CCCN(C(=O)c2sc(-c3ccc(C(F)(F)F)cc3)nc2C)C1. The van der Waals surface area contributed by atoms with E-state index in [2.05, 4.69) is 10.3 Å². The summed E-state index contributed by atoms with van der Waals surface area (Å²) in [6.45, 7) is 4.09. The summed E-state index contributed by atoms with van der Waals surface area (Å²) in [6, 6.07) is 4.89. The van der Waals surface area contributed by atoms with Gasteiger partial charge in [-0.3, -0.25) is 4.79 Å². The van der Waals surface area contributed by atoms with E-state index in [4.69, 9.17) is 0 Å². The van der Waals surface area contributed by atoms with E-state index in [1.54, 1.807) is 6.92 Å². The van der Waals surface area contributed by atoms with Gasteiger partial charge < -0.3 is 10.2 Å². The molecule has 27 heavy (non-hydrogen) atoms. The fourth-order valence-corrected chi connectivity index (χ4v) is 4.41. The van der Waals surface area contributed by atoms with Crippen molar-refractivity contribution in [3.8, 4) is 10.6 Å². The minimum Gasteiger partial charge on any atom is -0.338 e. The highest BCUT2D eigenvalue weighted by Crippen LogP contribution is 2.33. The molecule has 1 N–H and O–H groups in total. The Morgan fingerprint density at radius 3 is 2.67 bits per heavy atom. The Labute approximate surface area is 160 Å². The van der Waals surface area contributed by atoms with Crippen LogP contribution in [0.1, 0.15) is 33.8 Å². The highest BCUT2D eigenvalue weighted by molar-refractivity contribution is 7.17. The normalized spacial score (nSPS) is 18.0. The standard InChI is InChI=1S/C19H22F3N3OS/c1-12-16(18(26)25-9-3-4-13(11-25)10-23-2)27-17(24-12)14-5-7-15(8-6-14)19(20,21)22/h5-8,13,23H,3-4,9-11H2,1-2H3/t13-/m0/s1. The lowest BCUT2D eigenvalue weighted by Crippen LogP contribution is -2.42. The Balaban J connectivity index is 1.79. The Hall–Kier alpha value is -1.93. The summed E-state index contributed by atoms with van der Waals surface area (Å²) in [5, 5.41) is 3.72. The van der Waals surface area contributed by atoms with Gasteiger partial charge in [-0.25, -0.2) is 4.98 Å². The van der Waals surface area contributed by atoms with Crippen LogP contribution in [0.15, 0.2) is 24.3 Å². The zero-order valence-electron chi connectivity index (χ0n) is 15.3. The van der Waals surface area contributed by atoms with Crippen LogP contribution >= 0.6 is 11.3 Å². The molecule has 1 saturated heterocycles. The maximum absolute atomic E-state index is 12.9. The van der Waals surface area contributed by atoms with Crippen molar-refractivity contribution < 1.29 is 18.0 Å². The fraction of sp³-hybridized carbons (Fsp3) is 0.474. The predicted molar refractivity (Wildman–Crippen MR) is 99.8 cm³/mol. The molecule has 1 aromatic carbocycles. The molecule has 1 aliphatic heterocycles. The third-order valence-corrected chi connectivity index (χ3v) is 5.94. The summed E-state index contributed by atoms with van der Waals surface area (Å²) in [7, 11) is 1.91. The molecule has 146 valence electrons. The van der Waals surface area contributed by atoms with E-state index >= 15 is 0 Å². The zero-order valence-corrected chi connectivity index (χ0v) is 16.1. The summed E-state index contributed by atoms with van der Waals surface area (Å²) >= 11 is 1.24. The van der Waals surface area contributed by atoms with Crippen LogP contribution in [0, 0.1) is 12.8 Å². The molecule has 0 radical (unpaired) electrons. The molecule has 0 spiro atoms. The molecule has 1 aromatic heterocycles. The molecular formula is C19H22F3N3OS. The smallest absolute Gasteiger partial charge is 0.338 e. The molecule has 0 unspecified atom stereocenters. The van der Waals surface area contributed by atoms with Crippen LogP contribution in [-0.2, 0) is 6.18 Å². The van der Waals surface area contributed by atoms with Gasteiger partial charge in [-0.1, -0.05) is 12.1 Å². The zero-order chi connectivity index (χ0) is 19.6. The first-order valence-electron chi connectivity index (χ1n) is 8.88. The van der Waals surface area contributed by atoms with Crippen LogP contribution in [0.3, 0.4) is 0 Å².